The van der Waals surface area contributed by atoms with Gasteiger partial charge in [-0.05, 0) is 23.6 Å². The second kappa shape index (κ2) is 4.56. The highest BCUT2D eigenvalue weighted by atomic mass is 19.4. The number of nitrogens with zero attached hydrogens (tertiary/aromatic N) is 2. The van der Waals surface area contributed by atoms with Gasteiger partial charge < -0.3 is 9.52 Å². The molecule has 7 heteroatoms. The molecule has 1 aromatic heterocycles. The zero-order chi connectivity index (χ0) is 14.2. The lowest BCUT2D eigenvalue weighted by Crippen LogP contribution is -2.04. The van der Waals surface area contributed by atoms with Crippen LogP contribution in [-0.4, -0.2) is 15.3 Å². The third-order valence-electron chi connectivity index (χ3n) is 2.57. The monoisotopic (exact) mass is 272 g/mol. The molecule has 4 nitrogen and oxygen atoms in total. The van der Waals surface area contributed by atoms with Crippen LogP contribution in [0.2, 0.25) is 0 Å². The van der Waals surface area contributed by atoms with Gasteiger partial charge in [0.05, 0.1) is 0 Å². The number of aromatic hydroxyl groups is 1. The number of phenolic OH excluding ortho intramolecular Hbond substituents is 1. The Bertz CT molecular complexity index is 591. The number of hydrogen-bond donors (Lipinski definition) is 1. The van der Waals surface area contributed by atoms with Crippen molar-refractivity contribution in [2.24, 2.45) is 0 Å². The number of phenols is 1. The normalized spacial score (nSPS) is 12.1. The van der Waals surface area contributed by atoms with Gasteiger partial charge in [0.25, 0.3) is 0 Å². The first-order valence-electron chi connectivity index (χ1n) is 5.53. The summed E-state index contributed by atoms with van der Waals surface area (Å²) in [6, 6.07) is 4.46. The Morgan fingerprint density at radius 3 is 2.37 bits per heavy atom. The van der Waals surface area contributed by atoms with Gasteiger partial charge in [-0.3, -0.25) is 0 Å². The van der Waals surface area contributed by atoms with E-state index in [1.54, 1.807) is 6.07 Å². The molecule has 1 heterocycles. The molecule has 0 atom stereocenters. The van der Waals surface area contributed by atoms with E-state index in [4.69, 9.17) is 0 Å². The molecule has 0 radical (unpaired) electrons. The largest absolute Gasteiger partial charge is 0.508 e. The lowest BCUT2D eigenvalue weighted by molar-refractivity contribution is -0.156. The highest BCUT2D eigenvalue weighted by Gasteiger charge is 2.38. The zero-order valence-electron chi connectivity index (χ0n) is 10.2. The molecule has 0 aliphatic rings. The van der Waals surface area contributed by atoms with Crippen LogP contribution in [0.1, 0.15) is 31.2 Å². The molecule has 2 rings (SSSR count). The average Bonchev–Trinajstić information content (AvgIpc) is 2.76. The van der Waals surface area contributed by atoms with Gasteiger partial charge in [0, 0.05) is 5.56 Å². The van der Waals surface area contributed by atoms with Gasteiger partial charge in [0.1, 0.15) is 5.75 Å². The fourth-order valence-electron chi connectivity index (χ4n) is 1.62. The van der Waals surface area contributed by atoms with Crippen molar-refractivity contribution in [1.29, 1.82) is 0 Å². The van der Waals surface area contributed by atoms with E-state index in [2.05, 4.69) is 14.6 Å². The molecule has 0 bridgehead atoms. The Kier molecular flexibility index (Phi) is 3.21. The maximum Gasteiger partial charge on any atom is 0.470 e. The van der Waals surface area contributed by atoms with E-state index in [0.29, 0.717) is 5.56 Å². The van der Waals surface area contributed by atoms with Crippen LogP contribution in [0.15, 0.2) is 22.6 Å². The number of rotatable bonds is 2. The minimum absolute atomic E-state index is 0.0146. The molecule has 102 valence electrons. The fraction of sp³-hybridized carbons (Fsp3) is 0.333. The second-order valence-electron chi connectivity index (χ2n) is 4.34. The molecule has 0 fully saturated rings. The van der Waals surface area contributed by atoms with Crippen molar-refractivity contribution in [1.82, 2.24) is 10.2 Å². The van der Waals surface area contributed by atoms with Crippen molar-refractivity contribution in [3.63, 3.8) is 0 Å². The molecule has 0 saturated carbocycles. The van der Waals surface area contributed by atoms with Gasteiger partial charge in [-0.15, -0.1) is 10.2 Å². The van der Waals surface area contributed by atoms with Crippen molar-refractivity contribution in [3.8, 4) is 17.2 Å². The summed E-state index contributed by atoms with van der Waals surface area (Å²) >= 11 is 0. The van der Waals surface area contributed by atoms with Crippen LogP contribution in [0.3, 0.4) is 0 Å². The molecular weight excluding hydrogens is 261 g/mol. The fourth-order valence-corrected chi connectivity index (χ4v) is 1.62. The first-order valence-corrected chi connectivity index (χ1v) is 5.53. The Labute approximate surface area is 106 Å². The minimum atomic E-state index is -4.68. The molecule has 0 saturated heterocycles. The topological polar surface area (TPSA) is 59.2 Å². The SMILES string of the molecule is CC(C)c1ccc(-c2nnc(C(F)(F)F)o2)cc1O. The van der Waals surface area contributed by atoms with Crippen LogP contribution in [-0.2, 0) is 6.18 Å². The molecule has 1 aromatic carbocycles. The van der Waals surface area contributed by atoms with E-state index in [-0.39, 0.29) is 23.1 Å². The molecule has 0 amide bonds. The molecule has 0 spiro atoms. The van der Waals surface area contributed by atoms with E-state index >= 15 is 0 Å². The van der Waals surface area contributed by atoms with Crippen molar-refractivity contribution in [3.05, 3.63) is 29.7 Å². The minimum Gasteiger partial charge on any atom is -0.508 e. The van der Waals surface area contributed by atoms with Crippen LogP contribution in [0, 0.1) is 0 Å². The van der Waals surface area contributed by atoms with Gasteiger partial charge in [0.15, 0.2) is 0 Å². The van der Waals surface area contributed by atoms with Crippen LogP contribution in [0.25, 0.3) is 11.5 Å². The summed E-state index contributed by atoms with van der Waals surface area (Å²) in [5, 5.41) is 16.0. The molecule has 19 heavy (non-hydrogen) atoms. The first-order chi connectivity index (χ1) is 8.79. The van der Waals surface area contributed by atoms with Crippen molar-refractivity contribution in [2.45, 2.75) is 25.9 Å². The number of alkyl halides is 3. The van der Waals surface area contributed by atoms with Gasteiger partial charge >= 0.3 is 12.1 Å². The lowest BCUT2D eigenvalue weighted by Gasteiger charge is -2.08. The lowest BCUT2D eigenvalue weighted by atomic mass is 10.0. The summed E-state index contributed by atoms with van der Waals surface area (Å²) in [6.07, 6.45) is -4.68. The molecule has 0 aliphatic carbocycles. The van der Waals surface area contributed by atoms with Crippen molar-refractivity contribution in [2.75, 3.05) is 0 Å². The van der Waals surface area contributed by atoms with E-state index < -0.39 is 12.1 Å². The van der Waals surface area contributed by atoms with Crippen LogP contribution >= 0.6 is 0 Å². The molecule has 1 N–H and O–H groups in total. The summed E-state index contributed by atoms with van der Waals surface area (Å²) in [7, 11) is 0. The van der Waals surface area contributed by atoms with Crippen molar-refractivity contribution >= 4 is 0 Å². The van der Waals surface area contributed by atoms with Gasteiger partial charge in [-0.1, -0.05) is 19.9 Å². The predicted molar refractivity (Wildman–Crippen MR) is 60.5 cm³/mol. The summed E-state index contributed by atoms with van der Waals surface area (Å²) in [4.78, 5) is 0. The quantitative estimate of drug-likeness (QED) is 0.907. The highest BCUT2D eigenvalue weighted by Crippen LogP contribution is 2.33. The number of aromatic nitrogens is 2. The van der Waals surface area contributed by atoms with E-state index in [9.17, 15) is 18.3 Å². The number of benzene rings is 1. The maximum atomic E-state index is 12.3. The predicted octanol–water partition coefficient (Wildman–Crippen LogP) is 3.58. The summed E-state index contributed by atoms with van der Waals surface area (Å²) in [5.74, 6) is -1.60. The van der Waals surface area contributed by atoms with Gasteiger partial charge in [-0.25, -0.2) is 0 Å². The second-order valence-corrected chi connectivity index (χ2v) is 4.34. The van der Waals surface area contributed by atoms with E-state index in [1.165, 1.54) is 12.1 Å². The van der Waals surface area contributed by atoms with Crippen molar-refractivity contribution < 1.29 is 22.7 Å². The summed E-state index contributed by atoms with van der Waals surface area (Å²) in [5.41, 5.74) is 0.934. The van der Waals surface area contributed by atoms with Crippen LogP contribution in [0.4, 0.5) is 13.2 Å². The average molecular weight is 272 g/mol. The van der Waals surface area contributed by atoms with E-state index in [0.717, 1.165) is 0 Å². The molecule has 2 aromatic rings. The van der Waals surface area contributed by atoms with Gasteiger partial charge in [0.2, 0.25) is 5.89 Å². The zero-order valence-corrected chi connectivity index (χ0v) is 10.2. The smallest absolute Gasteiger partial charge is 0.470 e. The summed E-state index contributed by atoms with van der Waals surface area (Å²) in [6.45, 7) is 3.78. The number of halogens is 3. The Morgan fingerprint density at radius 2 is 1.89 bits per heavy atom. The highest BCUT2D eigenvalue weighted by molar-refractivity contribution is 5.57. The molecular formula is C12H11F3N2O2. The third-order valence-corrected chi connectivity index (χ3v) is 2.57. The maximum absolute atomic E-state index is 12.3. The van der Waals surface area contributed by atoms with Crippen LogP contribution < -0.4 is 0 Å². The van der Waals surface area contributed by atoms with E-state index in [1.807, 2.05) is 13.8 Å². The Balaban J connectivity index is 2.38. The summed E-state index contributed by atoms with van der Waals surface area (Å²) < 4.78 is 41.5. The molecule has 0 aliphatic heterocycles. The first kappa shape index (κ1) is 13.4. The van der Waals surface area contributed by atoms with Crippen LogP contribution in [0.5, 0.6) is 5.75 Å². The third kappa shape index (κ3) is 2.69. The standard InChI is InChI=1S/C12H11F3N2O2/c1-6(2)8-4-3-7(5-9(8)18)10-16-17-11(19-10)12(13,14)15/h3-6,18H,1-2H3. The van der Waals surface area contributed by atoms with Gasteiger partial charge in [-0.2, -0.15) is 13.2 Å². The Morgan fingerprint density at radius 1 is 1.21 bits per heavy atom. The molecule has 0 unspecified atom stereocenters. The Hall–Kier alpha value is -2.05. The number of hydrogen-bond acceptors (Lipinski definition) is 4.